The first-order chi connectivity index (χ1) is 9.40. The summed E-state index contributed by atoms with van der Waals surface area (Å²) in [6, 6.07) is 7.00. The lowest BCUT2D eigenvalue weighted by atomic mass is 10.2. The molecule has 2 aromatic rings. The van der Waals surface area contributed by atoms with E-state index in [0.717, 1.165) is 14.2 Å². The van der Waals surface area contributed by atoms with Crippen molar-refractivity contribution in [1.29, 1.82) is 0 Å². The SMILES string of the molecule is O=C(O)c1ccc(N(c2ccc(Br)s2)S(=O)O)cc1O. The van der Waals surface area contributed by atoms with Gasteiger partial charge < -0.3 is 10.2 Å². The summed E-state index contributed by atoms with van der Waals surface area (Å²) in [7, 11) is 0. The fraction of sp³-hybridized carbons (Fsp3) is 0. The van der Waals surface area contributed by atoms with Crippen LogP contribution in [0.25, 0.3) is 0 Å². The van der Waals surface area contributed by atoms with Gasteiger partial charge in [0.05, 0.1) is 9.47 Å². The van der Waals surface area contributed by atoms with Gasteiger partial charge in [-0.2, -0.15) is 0 Å². The van der Waals surface area contributed by atoms with Crippen molar-refractivity contribution in [2.45, 2.75) is 0 Å². The molecule has 0 radical (unpaired) electrons. The molecule has 1 aromatic carbocycles. The summed E-state index contributed by atoms with van der Waals surface area (Å²) in [6.07, 6.45) is 0. The number of halogens is 1. The monoisotopic (exact) mass is 377 g/mol. The first-order valence-corrected chi connectivity index (χ1v) is 7.80. The highest BCUT2D eigenvalue weighted by atomic mass is 79.9. The molecule has 2 rings (SSSR count). The van der Waals surface area contributed by atoms with Crippen molar-refractivity contribution in [3.8, 4) is 5.75 Å². The molecule has 0 spiro atoms. The standard InChI is InChI=1S/C11H8BrNO5S2/c12-9-3-4-10(19-9)13(20(17)18)6-1-2-7(11(15)16)8(14)5-6/h1-5,14H,(H,15,16)(H,17,18). The van der Waals surface area contributed by atoms with Gasteiger partial charge in [-0.05, 0) is 40.2 Å². The number of carboxylic acids is 1. The van der Waals surface area contributed by atoms with E-state index in [1.807, 2.05) is 0 Å². The highest BCUT2D eigenvalue weighted by Gasteiger charge is 2.19. The minimum Gasteiger partial charge on any atom is -0.507 e. The Labute approximate surface area is 128 Å². The van der Waals surface area contributed by atoms with E-state index in [2.05, 4.69) is 15.9 Å². The van der Waals surface area contributed by atoms with Gasteiger partial charge in [0.15, 0.2) is 0 Å². The maximum Gasteiger partial charge on any atom is 0.339 e. The van der Waals surface area contributed by atoms with Crippen LogP contribution in [-0.4, -0.2) is 24.9 Å². The predicted octanol–water partition coefficient (Wildman–Crippen LogP) is 3.19. The third kappa shape index (κ3) is 3.01. The van der Waals surface area contributed by atoms with Crippen LogP contribution >= 0.6 is 27.3 Å². The molecule has 106 valence electrons. The molecule has 1 heterocycles. The zero-order chi connectivity index (χ0) is 14.9. The fourth-order valence-electron chi connectivity index (χ4n) is 1.54. The molecule has 1 unspecified atom stereocenters. The number of nitrogens with zero attached hydrogens (tertiary/aromatic N) is 1. The number of hydrogen-bond donors (Lipinski definition) is 3. The van der Waals surface area contributed by atoms with Crippen molar-refractivity contribution in [2.75, 3.05) is 4.31 Å². The maximum absolute atomic E-state index is 11.5. The van der Waals surface area contributed by atoms with Crippen LogP contribution in [0.15, 0.2) is 34.1 Å². The molecule has 3 N–H and O–H groups in total. The Bertz CT molecular complexity index is 687. The lowest BCUT2D eigenvalue weighted by Crippen LogP contribution is -2.18. The van der Waals surface area contributed by atoms with Crippen LogP contribution in [0.2, 0.25) is 0 Å². The largest absolute Gasteiger partial charge is 0.507 e. The first kappa shape index (κ1) is 15.0. The number of aromatic carboxylic acids is 1. The van der Waals surface area contributed by atoms with Crippen LogP contribution in [0.1, 0.15) is 10.4 Å². The second-order valence-corrected chi connectivity index (χ2v) is 6.88. The number of aromatic hydroxyl groups is 1. The Morgan fingerprint density at radius 2 is 2.00 bits per heavy atom. The van der Waals surface area contributed by atoms with Crippen molar-refractivity contribution in [3.63, 3.8) is 0 Å². The zero-order valence-electron chi connectivity index (χ0n) is 9.69. The van der Waals surface area contributed by atoms with Gasteiger partial charge in [0.1, 0.15) is 16.3 Å². The van der Waals surface area contributed by atoms with E-state index < -0.39 is 23.0 Å². The van der Waals surface area contributed by atoms with Gasteiger partial charge >= 0.3 is 5.97 Å². The molecule has 0 fully saturated rings. The number of carbonyl (C=O) groups is 1. The van der Waals surface area contributed by atoms with E-state index in [4.69, 9.17) is 5.11 Å². The van der Waals surface area contributed by atoms with Gasteiger partial charge in [0.25, 0.3) is 11.3 Å². The smallest absolute Gasteiger partial charge is 0.339 e. The van der Waals surface area contributed by atoms with E-state index in [1.165, 1.54) is 23.5 Å². The maximum atomic E-state index is 11.5. The van der Waals surface area contributed by atoms with Crippen molar-refractivity contribution in [3.05, 3.63) is 39.7 Å². The van der Waals surface area contributed by atoms with Gasteiger partial charge in [-0.1, -0.05) is 0 Å². The van der Waals surface area contributed by atoms with Crippen molar-refractivity contribution in [2.24, 2.45) is 0 Å². The molecular weight excluding hydrogens is 370 g/mol. The second kappa shape index (κ2) is 5.92. The van der Waals surface area contributed by atoms with Crippen LogP contribution in [0, 0.1) is 0 Å². The molecule has 0 aliphatic rings. The summed E-state index contributed by atoms with van der Waals surface area (Å²) >= 11 is 2.13. The molecule has 0 bridgehead atoms. The molecule has 0 aliphatic carbocycles. The third-order valence-corrected chi connectivity index (χ3v) is 4.81. The summed E-state index contributed by atoms with van der Waals surface area (Å²) in [6.45, 7) is 0. The minimum absolute atomic E-state index is 0.211. The van der Waals surface area contributed by atoms with Crippen molar-refractivity contribution >= 4 is 55.2 Å². The molecule has 9 heteroatoms. The Balaban J connectivity index is 2.48. The number of anilines is 2. The lowest BCUT2D eigenvalue weighted by Gasteiger charge is -2.18. The molecule has 6 nitrogen and oxygen atoms in total. The Morgan fingerprint density at radius 1 is 1.30 bits per heavy atom. The van der Waals surface area contributed by atoms with Crippen LogP contribution in [0.3, 0.4) is 0 Å². The quantitative estimate of drug-likeness (QED) is 0.710. The molecule has 1 atom stereocenters. The molecular formula is C11H8BrNO5S2. The van der Waals surface area contributed by atoms with E-state index in [9.17, 15) is 18.7 Å². The fourth-order valence-corrected chi connectivity index (χ4v) is 3.64. The average Bonchev–Trinajstić information content (AvgIpc) is 2.75. The number of carboxylic acid groups (broad SMARTS) is 1. The van der Waals surface area contributed by atoms with Gasteiger partial charge in [-0.15, -0.1) is 11.3 Å². The van der Waals surface area contributed by atoms with E-state index >= 15 is 0 Å². The van der Waals surface area contributed by atoms with Crippen LogP contribution in [0.4, 0.5) is 10.7 Å². The highest BCUT2D eigenvalue weighted by Crippen LogP contribution is 2.37. The third-order valence-electron chi connectivity index (χ3n) is 2.36. The van der Waals surface area contributed by atoms with Crippen LogP contribution < -0.4 is 4.31 Å². The van der Waals surface area contributed by atoms with E-state index in [-0.39, 0.29) is 11.3 Å². The summed E-state index contributed by atoms with van der Waals surface area (Å²) in [5.74, 6) is -1.74. The van der Waals surface area contributed by atoms with Crippen molar-refractivity contribution in [1.82, 2.24) is 0 Å². The Hall–Kier alpha value is -1.42. The van der Waals surface area contributed by atoms with Crippen molar-refractivity contribution < 1.29 is 23.8 Å². The number of benzene rings is 1. The molecule has 0 aliphatic heterocycles. The lowest BCUT2D eigenvalue weighted by molar-refractivity contribution is 0.0694. The number of hydrogen-bond acceptors (Lipinski definition) is 4. The number of rotatable bonds is 4. The summed E-state index contributed by atoms with van der Waals surface area (Å²) in [4.78, 5) is 10.8. The Morgan fingerprint density at radius 3 is 2.45 bits per heavy atom. The molecule has 0 saturated carbocycles. The van der Waals surface area contributed by atoms with Gasteiger partial charge in [-0.3, -0.25) is 4.55 Å². The first-order valence-electron chi connectivity index (χ1n) is 5.13. The van der Waals surface area contributed by atoms with Gasteiger partial charge in [0, 0.05) is 6.07 Å². The second-order valence-electron chi connectivity index (χ2n) is 3.61. The Kier molecular flexibility index (Phi) is 4.43. The summed E-state index contributed by atoms with van der Waals surface area (Å²) in [5.41, 5.74) is -0.0625. The average molecular weight is 378 g/mol. The molecule has 1 aromatic heterocycles. The molecule has 0 saturated heterocycles. The number of phenols is 1. The highest BCUT2D eigenvalue weighted by molar-refractivity contribution is 9.11. The molecule has 20 heavy (non-hydrogen) atoms. The van der Waals surface area contributed by atoms with Gasteiger partial charge in [-0.25, -0.2) is 13.3 Å². The van der Waals surface area contributed by atoms with Gasteiger partial charge in [0.2, 0.25) is 0 Å². The van der Waals surface area contributed by atoms with E-state index in [0.29, 0.717) is 5.00 Å². The van der Waals surface area contributed by atoms with E-state index in [1.54, 1.807) is 12.1 Å². The minimum atomic E-state index is -2.35. The topological polar surface area (TPSA) is 98.1 Å². The molecule has 0 amide bonds. The van der Waals surface area contributed by atoms with Crippen LogP contribution in [-0.2, 0) is 11.3 Å². The predicted molar refractivity (Wildman–Crippen MR) is 80.0 cm³/mol. The summed E-state index contributed by atoms with van der Waals surface area (Å²) < 4.78 is 22.7. The van der Waals surface area contributed by atoms with Crippen LogP contribution in [0.5, 0.6) is 5.75 Å². The number of thiophene rings is 1. The zero-order valence-corrected chi connectivity index (χ0v) is 12.9. The summed E-state index contributed by atoms with van der Waals surface area (Å²) in [5, 5.41) is 19.0. The normalized spacial score (nSPS) is 12.1.